The molecule has 0 aromatic rings. The van der Waals surface area contributed by atoms with Gasteiger partial charge in [0.15, 0.2) is 0 Å². The van der Waals surface area contributed by atoms with Crippen LogP contribution in [0.15, 0.2) is 0 Å². The van der Waals surface area contributed by atoms with Gasteiger partial charge < -0.3 is 10.6 Å². The van der Waals surface area contributed by atoms with E-state index >= 15 is 0 Å². The highest BCUT2D eigenvalue weighted by Gasteiger charge is 2.23. The van der Waals surface area contributed by atoms with Crippen LogP contribution in [0.3, 0.4) is 0 Å². The summed E-state index contributed by atoms with van der Waals surface area (Å²) in [5, 5.41) is 0. The molecular formula is C15H30N2. The molecular weight excluding hydrogens is 208 g/mol. The summed E-state index contributed by atoms with van der Waals surface area (Å²) in [6.45, 7) is 2.54. The largest absolute Gasteiger partial charge is 0.327 e. The van der Waals surface area contributed by atoms with Gasteiger partial charge in [-0.15, -0.1) is 0 Å². The van der Waals surface area contributed by atoms with E-state index in [0.29, 0.717) is 6.04 Å². The molecule has 2 aliphatic carbocycles. The van der Waals surface area contributed by atoms with Gasteiger partial charge in [-0.2, -0.15) is 0 Å². The Morgan fingerprint density at radius 1 is 0.882 bits per heavy atom. The molecule has 0 aromatic carbocycles. The molecule has 17 heavy (non-hydrogen) atoms. The predicted molar refractivity (Wildman–Crippen MR) is 74.0 cm³/mol. The first kappa shape index (κ1) is 13.4. The molecule has 2 rings (SSSR count). The quantitative estimate of drug-likeness (QED) is 0.763. The van der Waals surface area contributed by atoms with Gasteiger partial charge in [0.1, 0.15) is 0 Å². The molecule has 0 radical (unpaired) electrons. The summed E-state index contributed by atoms with van der Waals surface area (Å²) in [7, 11) is 2.30. The van der Waals surface area contributed by atoms with Crippen molar-refractivity contribution in [3.05, 3.63) is 0 Å². The Balaban J connectivity index is 1.73. The summed E-state index contributed by atoms with van der Waals surface area (Å²) in [6.07, 6.45) is 12.6. The second kappa shape index (κ2) is 6.75. The van der Waals surface area contributed by atoms with Crippen LogP contribution in [0.2, 0.25) is 0 Å². The van der Waals surface area contributed by atoms with E-state index in [9.17, 15) is 0 Å². The molecule has 2 fully saturated rings. The fourth-order valence-corrected chi connectivity index (χ4v) is 3.75. The van der Waals surface area contributed by atoms with Crippen LogP contribution in [0, 0.1) is 11.8 Å². The number of nitrogens with zero attached hydrogens (tertiary/aromatic N) is 1. The van der Waals surface area contributed by atoms with E-state index < -0.39 is 0 Å². The molecule has 0 heterocycles. The maximum atomic E-state index is 6.31. The smallest absolute Gasteiger partial charge is 0.00793 e. The average molecular weight is 238 g/mol. The van der Waals surface area contributed by atoms with Gasteiger partial charge in [-0.1, -0.05) is 32.1 Å². The molecule has 0 aliphatic heterocycles. The van der Waals surface area contributed by atoms with Crippen LogP contribution in [-0.4, -0.2) is 31.1 Å². The first-order valence-electron chi connectivity index (χ1n) is 7.70. The third-order valence-corrected chi connectivity index (χ3v) is 4.81. The topological polar surface area (TPSA) is 29.3 Å². The molecule has 0 aromatic heterocycles. The lowest BCUT2D eigenvalue weighted by Gasteiger charge is -2.28. The van der Waals surface area contributed by atoms with Gasteiger partial charge in [-0.3, -0.25) is 0 Å². The van der Waals surface area contributed by atoms with E-state index in [4.69, 9.17) is 5.73 Å². The van der Waals surface area contributed by atoms with Gasteiger partial charge in [-0.25, -0.2) is 0 Å². The van der Waals surface area contributed by atoms with Gasteiger partial charge in [0.2, 0.25) is 0 Å². The summed E-state index contributed by atoms with van der Waals surface area (Å²) < 4.78 is 0. The van der Waals surface area contributed by atoms with Crippen molar-refractivity contribution in [2.75, 3.05) is 20.1 Å². The highest BCUT2D eigenvalue weighted by molar-refractivity contribution is 4.80. The summed E-state index contributed by atoms with van der Waals surface area (Å²) in [6, 6.07) is 0.462. The van der Waals surface area contributed by atoms with Crippen LogP contribution in [0.1, 0.15) is 57.8 Å². The second-order valence-corrected chi connectivity index (χ2v) is 6.43. The average Bonchev–Trinajstić information content (AvgIpc) is 2.71. The first-order chi connectivity index (χ1) is 8.25. The Labute approximate surface area is 107 Å². The van der Waals surface area contributed by atoms with Crippen molar-refractivity contribution in [2.45, 2.75) is 63.8 Å². The molecule has 2 nitrogen and oxygen atoms in total. The van der Waals surface area contributed by atoms with E-state index in [2.05, 4.69) is 11.9 Å². The van der Waals surface area contributed by atoms with Crippen molar-refractivity contribution in [1.29, 1.82) is 0 Å². The van der Waals surface area contributed by atoms with Gasteiger partial charge >= 0.3 is 0 Å². The van der Waals surface area contributed by atoms with Gasteiger partial charge in [0.25, 0.3) is 0 Å². The van der Waals surface area contributed by atoms with Crippen molar-refractivity contribution < 1.29 is 0 Å². The van der Waals surface area contributed by atoms with Crippen molar-refractivity contribution in [1.82, 2.24) is 4.90 Å². The molecule has 2 aliphatic rings. The van der Waals surface area contributed by atoms with Crippen molar-refractivity contribution in [3.63, 3.8) is 0 Å². The molecule has 0 saturated heterocycles. The monoisotopic (exact) mass is 238 g/mol. The van der Waals surface area contributed by atoms with Gasteiger partial charge in [0, 0.05) is 19.1 Å². The molecule has 2 heteroatoms. The molecule has 2 N–H and O–H groups in total. The molecule has 0 bridgehead atoms. The molecule has 0 spiro atoms. The Morgan fingerprint density at radius 2 is 1.53 bits per heavy atom. The molecule has 2 unspecified atom stereocenters. The summed E-state index contributed by atoms with van der Waals surface area (Å²) in [4.78, 5) is 2.56. The zero-order valence-corrected chi connectivity index (χ0v) is 11.5. The van der Waals surface area contributed by atoms with E-state index in [0.717, 1.165) is 11.8 Å². The van der Waals surface area contributed by atoms with Crippen molar-refractivity contribution in [2.24, 2.45) is 17.6 Å². The van der Waals surface area contributed by atoms with Crippen LogP contribution >= 0.6 is 0 Å². The van der Waals surface area contributed by atoms with Crippen molar-refractivity contribution in [3.8, 4) is 0 Å². The zero-order valence-electron chi connectivity index (χ0n) is 11.5. The number of hydrogen-bond donors (Lipinski definition) is 1. The number of nitrogens with two attached hydrogens (primary N) is 1. The number of rotatable bonds is 4. The third-order valence-electron chi connectivity index (χ3n) is 4.81. The van der Waals surface area contributed by atoms with Crippen LogP contribution in [0.4, 0.5) is 0 Å². The SMILES string of the molecule is CN(CC1CCCC1)CC1CCCCCC1N. The summed E-state index contributed by atoms with van der Waals surface area (Å²) >= 11 is 0. The van der Waals surface area contributed by atoms with E-state index in [1.54, 1.807) is 0 Å². The van der Waals surface area contributed by atoms with Gasteiger partial charge in [0.05, 0.1) is 0 Å². The molecule has 2 saturated carbocycles. The molecule has 0 amide bonds. The van der Waals surface area contributed by atoms with Crippen LogP contribution in [0.25, 0.3) is 0 Å². The minimum absolute atomic E-state index is 0.462. The molecule has 2 atom stereocenters. The maximum Gasteiger partial charge on any atom is 0.00793 e. The van der Waals surface area contributed by atoms with E-state index in [1.807, 2.05) is 0 Å². The maximum absolute atomic E-state index is 6.31. The highest BCUT2D eigenvalue weighted by atomic mass is 15.1. The fraction of sp³-hybridized carbons (Fsp3) is 1.00. The lowest BCUT2D eigenvalue weighted by atomic mass is 9.94. The summed E-state index contributed by atoms with van der Waals surface area (Å²) in [5.74, 6) is 1.73. The zero-order chi connectivity index (χ0) is 12.1. The molecule has 100 valence electrons. The summed E-state index contributed by atoms with van der Waals surface area (Å²) in [5.41, 5.74) is 6.31. The standard InChI is InChI=1S/C15H30N2/c1-17(11-13-7-5-6-8-13)12-14-9-3-2-4-10-15(14)16/h13-15H,2-12,16H2,1H3. The first-order valence-corrected chi connectivity index (χ1v) is 7.70. The van der Waals surface area contributed by atoms with Crippen molar-refractivity contribution >= 4 is 0 Å². The predicted octanol–water partition coefficient (Wildman–Crippen LogP) is 3.02. The number of hydrogen-bond acceptors (Lipinski definition) is 2. The minimum atomic E-state index is 0.462. The van der Waals surface area contributed by atoms with Crippen LogP contribution in [-0.2, 0) is 0 Å². The Morgan fingerprint density at radius 3 is 2.29 bits per heavy atom. The van der Waals surface area contributed by atoms with Gasteiger partial charge in [-0.05, 0) is 44.6 Å². The Kier molecular flexibility index (Phi) is 5.30. The van der Waals surface area contributed by atoms with Crippen LogP contribution in [0.5, 0.6) is 0 Å². The van der Waals surface area contributed by atoms with E-state index in [1.165, 1.54) is 70.9 Å². The Hall–Kier alpha value is -0.0800. The van der Waals surface area contributed by atoms with E-state index in [-0.39, 0.29) is 0 Å². The fourth-order valence-electron chi connectivity index (χ4n) is 3.75. The lowest BCUT2D eigenvalue weighted by molar-refractivity contribution is 0.215. The lowest BCUT2D eigenvalue weighted by Crippen LogP contribution is -2.38. The Bertz CT molecular complexity index is 211. The highest BCUT2D eigenvalue weighted by Crippen LogP contribution is 2.27. The second-order valence-electron chi connectivity index (χ2n) is 6.43. The third kappa shape index (κ3) is 4.26. The normalized spacial score (nSPS) is 31.9. The van der Waals surface area contributed by atoms with Crippen LogP contribution < -0.4 is 5.73 Å². The minimum Gasteiger partial charge on any atom is -0.327 e.